The molecule has 0 spiro atoms. The quantitative estimate of drug-likeness (QED) is 0.609. The van der Waals surface area contributed by atoms with Gasteiger partial charge in [0.25, 0.3) is 0 Å². The van der Waals surface area contributed by atoms with Crippen LogP contribution in [-0.4, -0.2) is 37.0 Å². The maximum atomic E-state index is 12.4. The fourth-order valence-corrected chi connectivity index (χ4v) is 3.89. The first-order valence-corrected chi connectivity index (χ1v) is 10.5. The van der Waals surface area contributed by atoms with Gasteiger partial charge in [-0.3, -0.25) is 9.69 Å². The molecule has 1 amide bonds. The van der Waals surface area contributed by atoms with Crippen LogP contribution in [-0.2, 0) is 17.8 Å². The van der Waals surface area contributed by atoms with E-state index in [1.165, 1.54) is 5.56 Å². The molecule has 4 rings (SSSR count). The summed E-state index contributed by atoms with van der Waals surface area (Å²) < 4.78 is 11.1. The van der Waals surface area contributed by atoms with Crippen molar-refractivity contribution >= 4 is 5.91 Å². The summed E-state index contributed by atoms with van der Waals surface area (Å²) in [5.41, 5.74) is 2.31. The van der Waals surface area contributed by atoms with Crippen LogP contribution in [0.1, 0.15) is 24.2 Å². The van der Waals surface area contributed by atoms with Crippen LogP contribution < -0.4 is 10.1 Å². The van der Waals surface area contributed by atoms with E-state index in [1.807, 2.05) is 42.5 Å². The molecule has 1 N–H and O–H groups in total. The standard InChI is InChI=1S/C25H28N2O3/c1-29-22-9-7-20(8-10-22)24-13-11-23(30-24)12-14-25(28)26-21-15-16-27(18-21)17-19-5-3-2-4-6-19/h2-11,13,21H,12,14-18H2,1H3,(H,26,28). The number of ether oxygens (including phenoxy) is 1. The molecule has 2 aromatic carbocycles. The molecule has 30 heavy (non-hydrogen) atoms. The maximum absolute atomic E-state index is 12.4. The zero-order chi connectivity index (χ0) is 20.8. The largest absolute Gasteiger partial charge is 0.497 e. The molecule has 3 aromatic rings. The van der Waals surface area contributed by atoms with E-state index in [4.69, 9.17) is 9.15 Å². The lowest BCUT2D eigenvalue weighted by atomic mass is 10.2. The Morgan fingerprint density at radius 3 is 2.67 bits per heavy atom. The Kier molecular flexibility index (Phi) is 6.50. The van der Waals surface area contributed by atoms with Crippen LogP contribution in [0.3, 0.4) is 0 Å². The first kappa shape index (κ1) is 20.2. The van der Waals surface area contributed by atoms with E-state index in [2.05, 4.69) is 34.5 Å². The third-order valence-corrected chi connectivity index (χ3v) is 5.52. The van der Waals surface area contributed by atoms with E-state index in [9.17, 15) is 4.79 Å². The number of aryl methyl sites for hydroxylation is 1. The van der Waals surface area contributed by atoms with Gasteiger partial charge in [0, 0.05) is 44.1 Å². The van der Waals surface area contributed by atoms with Gasteiger partial charge in [-0.15, -0.1) is 0 Å². The molecule has 0 bridgehead atoms. The summed E-state index contributed by atoms with van der Waals surface area (Å²) in [5.74, 6) is 2.54. The van der Waals surface area contributed by atoms with Gasteiger partial charge >= 0.3 is 0 Å². The summed E-state index contributed by atoms with van der Waals surface area (Å²) in [6.45, 7) is 2.86. The van der Waals surface area contributed by atoms with Gasteiger partial charge in [0.2, 0.25) is 5.91 Å². The summed E-state index contributed by atoms with van der Waals surface area (Å²) >= 11 is 0. The Morgan fingerprint density at radius 2 is 1.90 bits per heavy atom. The summed E-state index contributed by atoms with van der Waals surface area (Å²) in [6, 6.07) is 22.4. The average Bonchev–Trinajstić information content (AvgIpc) is 3.43. The second-order valence-electron chi connectivity index (χ2n) is 7.77. The molecule has 0 radical (unpaired) electrons. The minimum atomic E-state index is 0.0870. The molecule has 2 heterocycles. The Hall–Kier alpha value is -3.05. The molecule has 1 fully saturated rings. The van der Waals surface area contributed by atoms with Crippen molar-refractivity contribution in [1.29, 1.82) is 0 Å². The fourth-order valence-electron chi connectivity index (χ4n) is 3.89. The van der Waals surface area contributed by atoms with E-state index in [0.29, 0.717) is 12.8 Å². The predicted octanol–water partition coefficient (Wildman–Crippen LogP) is 4.28. The molecule has 1 aliphatic rings. The number of methoxy groups -OCH3 is 1. The van der Waals surface area contributed by atoms with E-state index >= 15 is 0 Å². The second-order valence-corrected chi connectivity index (χ2v) is 7.77. The lowest BCUT2D eigenvalue weighted by Crippen LogP contribution is -2.37. The van der Waals surface area contributed by atoms with Crippen molar-refractivity contribution in [2.45, 2.75) is 31.8 Å². The number of rotatable bonds is 8. The number of hydrogen-bond donors (Lipinski definition) is 1. The maximum Gasteiger partial charge on any atom is 0.220 e. The smallest absolute Gasteiger partial charge is 0.220 e. The molecule has 0 aliphatic carbocycles. The lowest BCUT2D eigenvalue weighted by Gasteiger charge is -2.16. The van der Waals surface area contributed by atoms with E-state index < -0.39 is 0 Å². The van der Waals surface area contributed by atoms with Gasteiger partial charge < -0.3 is 14.5 Å². The number of carbonyl (C=O) groups is 1. The SMILES string of the molecule is COc1ccc(-c2ccc(CCC(=O)NC3CCN(Cc4ccccc4)C3)o2)cc1. The number of benzene rings is 2. The lowest BCUT2D eigenvalue weighted by molar-refractivity contribution is -0.121. The zero-order valence-corrected chi connectivity index (χ0v) is 17.3. The van der Waals surface area contributed by atoms with Gasteiger partial charge in [-0.2, -0.15) is 0 Å². The van der Waals surface area contributed by atoms with Crippen molar-refractivity contribution in [3.8, 4) is 17.1 Å². The van der Waals surface area contributed by atoms with Crippen LogP contribution >= 0.6 is 0 Å². The average molecular weight is 405 g/mol. The van der Waals surface area contributed by atoms with Crippen molar-refractivity contribution in [1.82, 2.24) is 10.2 Å². The number of carbonyl (C=O) groups excluding carboxylic acids is 1. The fraction of sp³-hybridized carbons (Fsp3) is 0.320. The Balaban J connectivity index is 1.22. The molecule has 5 nitrogen and oxygen atoms in total. The topological polar surface area (TPSA) is 54.7 Å². The Morgan fingerprint density at radius 1 is 1.10 bits per heavy atom. The van der Waals surface area contributed by atoms with Crippen LogP contribution in [0.2, 0.25) is 0 Å². The number of nitrogens with zero attached hydrogens (tertiary/aromatic N) is 1. The highest BCUT2D eigenvalue weighted by atomic mass is 16.5. The molecule has 156 valence electrons. The molecule has 1 saturated heterocycles. The molecule has 1 aliphatic heterocycles. The van der Waals surface area contributed by atoms with E-state index in [0.717, 1.165) is 48.9 Å². The van der Waals surface area contributed by atoms with Gasteiger partial charge in [0.15, 0.2) is 0 Å². The third kappa shape index (κ3) is 5.30. The van der Waals surface area contributed by atoms with Gasteiger partial charge in [-0.25, -0.2) is 0 Å². The van der Waals surface area contributed by atoms with Crippen LogP contribution in [0.4, 0.5) is 0 Å². The monoisotopic (exact) mass is 404 g/mol. The highest BCUT2D eigenvalue weighted by Gasteiger charge is 2.23. The van der Waals surface area contributed by atoms with Gasteiger partial charge in [0.05, 0.1) is 7.11 Å². The molecular weight excluding hydrogens is 376 g/mol. The van der Waals surface area contributed by atoms with Gasteiger partial charge in [0.1, 0.15) is 17.3 Å². The summed E-state index contributed by atoms with van der Waals surface area (Å²) in [6.07, 6.45) is 2.04. The first-order valence-electron chi connectivity index (χ1n) is 10.5. The van der Waals surface area contributed by atoms with Crippen LogP contribution in [0, 0.1) is 0 Å². The van der Waals surface area contributed by atoms with Crippen molar-refractivity contribution in [2.24, 2.45) is 0 Å². The minimum Gasteiger partial charge on any atom is -0.497 e. The highest BCUT2D eigenvalue weighted by Crippen LogP contribution is 2.25. The van der Waals surface area contributed by atoms with Gasteiger partial charge in [-0.1, -0.05) is 30.3 Å². The minimum absolute atomic E-state index is 0.0870. The first-order chi connectivity index (χ1) is 14.7. The van der Waals surface area contributed by atoms with Crippen LogP contribution in [0.25, 0.3) is 11.3 Å². The normalized spacial score (nSPS) is 16.5. The zero-order valence-electron chi connectivity index (χ0n) is 17.3. The highest BCUT2D eigenvalue weighted by molar-refractivity contribution is 5.76. The third-order valence-electron chi connectivity index (χ3n) is 5.52. The van der Waals surface area contributed by atoms with Gasteiger partial charge in [-0.05, 0) is 48.4 Å². The predicted molar refractivity (Wildman–Crippen MR) is 117 cm³/mol. The molecule has 1 unspecified atom stereocenters. The second kappa shape index (κ2) is 9.63. The number of furan rings is 1. The summed E-state index contributed by atoms with van der Waals surface area (Å²) in [5, 5.41) is 3.18. The van der Waals surface area contributed by atoms with Crippen molar-refractivity contribution in [3.63, 3.8) is 0 Å². The van der Waals surface area contributed by atoms with Crippen LogP contribution in [0.15, 0.2) is 71.1 Å². The molecule has 1 aromatic heterocycles. The number of likely N-dealkylation sites (tertiary alicyclic amines) is 1. The summed E-state index contributed by atoms with van der Waals surface area (Å²) in [4.78, 5) is 14.8. The molecule has 0 saturated carbocycles. The number of nitrogens with one attached hydrogen (secondary N) is 1. The summed E-state index contributed by atoms with van der Waals surface area (Å²) in [7, 11) is 1.65. The van der Waals surface area contributed by atoms with E-state index in [1.54, 1.807) is 7.11 Å². The van der Waals surface area contributed by atoms with Crippen molar-refractivity contribution < 1.29 is 13.9 Å². The molecule has 1 atom stereocenters. The van der Waals surface area contributed by atoms with Crippen molar-refractivity contribution in [2.75, 3.05) is 20.2 Å². The molecular formula is C25H28N2O3. The van der Waals surface area contributed by atoms with Crippen LogP contribution in [0.5, 0.6) is 5.75 Å². The Bertz CT molecular complexity index is 950. The molecule has 5 heteroatoms. The van der Waals surface area contributed by atoms with Crippen molar-refractivity contribution in [3.05, 3.63) is 78.1 Å². The number of amides is 1. The number of hydrogen-bond acceptors (Lipinski definition) is 4. The Labute approximate surface area is 177 Å². The van der Waals surface area contributed by atoms with E-state index in [-0.39, 0.29) is 11.9 Å².